The first kappa shape index (κ1) is 21.7. The number of hydrogen-bond donors (Lipinski definition) is 0. The monoisotopic (exact) mass is 376 g/mol. The first-order chi connectivity index (χ1) is 12.7. The van der Waals surface area contributed by atoms with E-state index in [-0.39, 0.29) is 34.5 Å². The van der Waals surface area contributed by atoms with Gasteiger partial charge in [0.15, 0.2) is 11.6 Å². The van der Waals surface area contributed by atoms with Crippen molar-refractivity contribution in [1.29, 1.82) is 0 Å². The number of hydrogen-bond acceptors (Lipinski definition) is 6. The fraction of sp³-hybridized carbons (Fsp3) is 0.200. The summed E-state index contributed by atoms with van der Waals surface area (Å²) in [5, 5.41) is 0. The number of ether oxygens (including phenoxy) is 4. The lowest BCUT2D eigenvalue weighted by Crippen LogP contribution is -2.04. The number of rotatable bonds is 8. The van der Waals surface area contributed by atoms with E-state index in [9.17, 15) is 14.0 Å². The minimum Gasteiger partial charge on any atom is -0.458 e. The number of halogens is 1. The highest BCUT2D eigenvalue weighted by molar-refractivity contribution is 5.82. The highest BCUT2D eigenvalue weighted by Crippen LogP contribution is 2.26. The van der Waals surface area contributed by atoms with Crippen LogP contribution in [0, 0.1) is 5.82 Å². The molecule has 0 aliphatic rings. The van der Waals surface area contributed by atoms with Gasteiger partial charge < -0.3 is 18.9 Å². The summed E-state index contributed by atoms with van der Waals surface area (Å²) >= 11 is 0. The third-order valence-corrected chi connectivity index (χ3v) is 3.27. The first-order valence-electron chi connectivity index (χ1n) is 7.86. The Morgan fingerprint density at radius 3 is 1.78 bits per heavy atom. The van der Waals surface area contributed by atoms with Crippen LogP contribution in [0.2, 0.25) is 0 Å². The van der Waals surface area contributed by atoms with Crippen molar-refractivity contribution in [3.8, 4) is 11.5 Å². The van der Waals surface area contributed by atoms with Crippen LogP contribution in [0.4, 0.5) is 4.39 Å². The molecule has 0 heterocycles. The molecule has 0 bridgehead atoms. The van der Waals surface area contributed by atoms with Crippen LogP contribution < -0.4 is 9.47 Å². The fourth-order valence-corrected chi connectivity index (χ4v) is 1.64. The van der Waals surface area contributed by atoms with E-state index in [1.807, 2.05) is 0 Å². The van der Waals surface area contributed by atoms with E-state index >= 15 is 0 Å². The molecule has 0 radical (unpaired) electrons. The lowest BCUT2D eigenvalue weighted by molar-refractivity contribution is -0.134. The van der Waals surface area contributed by atoms with Crippen LogP contribution in [0.15, 0.2) is 66.5 Å². The largest absolute Gasteiger partial charge is 0.458 e. The van der Waals surface area contributed by atoms with E-state index in [4.69, 9.17) is 18.9 Å². The quantitative estimate of drug-likeness (QED) is 0.377. The van der Waals surface area contributed by atoms with E-state index in [1.165, 1.54) is 32.9 Å². The number of carbonyl (C=O) groups is 2. The minimum atomic E-state index is -0.691. The highest BCUT2D eigenvalue weighted by atomic mass is 19.1. The van der Waals surface area contributed by atoms with Crippen molar-refractivity contribution in [1.82, 2.24) is 0 Å². The third-order valence-electron chi connectivity index (χ3n) is 3.27. The minimum absolute atomic E-state index is 0.0784. The van der Waals surface area contributed by atoms with Crippen molar-refractivity contribution >= 4 is 11.9 Å². The van der Waals surface area contributed by atoms with E-state index in [2.05, 4.69) is 13.2 Å². The molecule has 6 nitrogen and oxygen atoms in total. The Kier molecular flexibility index (Phi) is 8.00. The topological polar surface area (TPSA) is 71.1 Å². The van der Waals surface area contributed by atoms with E-state index < -0.39 is 17.8 Å². The number of benzene rings is 1. The molecule has 1 rings (SSSR count). The molecule has 0 spiro atoms. The van der Waals surface area contributed by atoms with Gasteiger partial charge in [0.05, 0.1) is 0 Å². The van der Waals surface area contributed by atoms with Gasteiger partial charge in [0.2, 0.25) is 0 Å². The summed E-state index contributed by atoms with van der Waals surface area (Å²) in [5.41, 5.74) is 0. The van der Waals surface area contributed by atoms with Crippen LogP contribution in [-0.2, 0) is 19.1 Å². The van der Waals surface area contributed by atoms with Gasteiger partial charge in [0.25, 0.3) is 0 Å². The molecule has 144 valence electrons. The predicted octanol–water partition coefficient (Wildman–Crippen LogP) is 4.54. The van der Waals surface area contributed by atoms with E-state index in [0.717, 1.165) is 18.2 Å². The molecule has 0 unspecified atom stereocenters. The van der Waals surface area contributed by atoms with Crippen LogP contribution in [0.25, 0.3) is 0 Å². The number of allylic oxidation sites excluding steroid dienone is 4. The summed E-state index contributed by atoms with van der Waals surface area (Å²) in [6.45, 7) is 12.7. The highest BCUT2D eigenvalue weighted by Gasteiger charge is 2.11. The molecule has 0 amide bonds. The summed E-state index contributed by atoms with van der Waals surface area (Å²) in [5.74, 6) is -0.967. The Bertz CT molecular complexity index is 820. The fourth-order valence-electron chi connectivity index (χ4n) is 1.64. The van der Waals surface area contributed by atoms with Crippen molar-refractivity contribution in [2.75, 3.05) is 0 Å². The Balaban J connectivity index is 2.90. The van der Waals surface area contributed by atoms with Crippen molar-refractivity contribution in [2.45, 2.75) is 27.7 Å². The molecule has 0 N–H and O–H groups in total. The van der Waals surface area contributed by atoms with E-state index in [0.29, 0.717) is 0 Å². The summed E-state index contributed by atoms with van der Waals surface area (Å²) in [7, 11) is 0. The lowest BCUT2D eigenvalue weighted by Gasteiger charge is -2.12. The molecule has 0 saturated heterocycles. The standard InChI is InChI=1S/C20H21FO6/c1-7-19(22)26-14(5)12(3)24-16-9-10-18(17(21)11-16)25-13(4)15(6)27-20(23)8-2/h7-11H,1-2H2,3-6H3. The number of esters is 2. The predicted molar refractivity (Wildman–Crippen MR) is 97.0 cm³/mol. The van der Waals surface area contributed by atoms with Gasteiger partial charge in [0.1, 0.15) is 28.8 Å². The molecule has 7 heteroatoms. The summed E-state index contributed by atoms with van der Waals surface area (Å²) < 4.78 is 34.9. The second-order valence-electron chi connectivity index (χ2n) is 5.27. The average Bonchev–Trinajstić information content (AvgIpc) is 2.63. The van der Waals surface area contributed by atoms with Gasteiger partial charge in [0, 0.05) is 18.2 Å². The lowest BCUT2D eigenvalue weighted by atomic mass is 10.3. The maximum Gasteiger partial charge on any atom is 0.335 e. The molecule has 1 aromatic carbocycles. The molecule has 0 saturated carbocycles. The maximum atomic E-state index is 14.3. The van der Waals surface area contributed by atoms with Crippen molar-refractivity contribution in [3.05, 3.63) is 72.4 Å². The van der Waals surface area contributed by atoms with Gasteiger partial charge in [-0.3, -0.25) is 0 Å². The molecule has 0 aromatic heterocycles. The van der Waals surface area contributed by atoms with Crippen molar-refractivity contribution in [3.63, 3.8) is 0 Å². The van der Waals surface area contributed by atoms with E-state index in [1.54, 1.807) is 6.92 Å². The third kappa shape index (κ3) is 6.81. The number of carbonyl (C=O) groups excluding carboxylic acids is 2. The van der Waals surface area contributed by atoms with Crippen LogP contribution in [-0.4, -0.2) is 11.9 Å². The molecular weight excluding hydrogens is 355 g/mol. The van der Waals surface area contributed by atoms with Crippen LogP contribution in [0.1, 0.15) is 27.7 Å². The Hall–Kier alpha value is -3.35. The molecular formula is C20H21FO6. The van der Waals surface area contributed by atoms with Crippen LogP contribution in [0.5, 0.6) is 11.5 Å². The maximum absolute atomic E-state index is 14.3. The molecule has 0 aliphatic heterocycles. The van der Waals surface area contributed by atoms with Crippen molar-refractivity contribution in [2.24, 2.45) is 0 Å². The molecule has 1 aromatic rings. The molecule has 27 heavy (non-hydrogen) atoms. The van der Waals surface area contributed by atoms with Gasteiger partial charge in [-0.25, -0.2) is 14.0 Å². The zero-order valence-corrected chi connectivity index (χ0v) is 15.6. The SMILES string of the molecule is C=CC(=O)OC(C)=C(C)Oc1ccc(OC(C)=C(C)OC(=O)C=C)c(F)c1. The van der Waals surface area contributed by atoms with Gasteiger partial charge in [-0.15, -0.1) is 0 Å². The van der Waals surface area contributed by atoms with Gasteiger partial charge in [-0.2, -0.15) is 0 Å². The van der Waals surface area contributed by atoms with Crippen LogP contribution >= 0.6 is 0 Å². The second kappa shape index (κ2) is 9.96. The van der Waals surface area contributed by atoms with Gasteiger partial charge in [-0.1, -0.05) is 13.2 Å². The van der Waals surface area contributed by atoms with Gasteiger partial charge >= 0.3 is 11.9 Å². The van der Waals surface area contributed by atoms with Crippen LogP contribution in [0.3, 0.4) is 0 Å². The first-order valence-corrected chi connectivity index (χ1v) is 7.86. The Morgan fingerprint density at radius 1 is 0.852 bits per heavy atom. The summed E-state index contributed by atoms with van der Waals surface area (Å²) in [6, 6.07) is 3.94. The molecule has 0 atom stereocenters. The Labute approximate surface area is 157 Å². The Morgan fingerprint density at radius 2 is 1.33 bits per heavy atom. The second-order valence-corrected chi connectivity index (χ2v) is 5.27. The smallest absolute Gasteiger partial charge is 0.335 e. The van der Waals surface area contributed by atoms with Gasteiger partial charge in [-0.05, 0) is 39.8 Å². The zero-order valence-electron chi connectivity index (χ0n) is 15.6. The zero-order chi connectivity index (χ0) is 20.6. The molecule has 0 aliphatic carbocycles. The van der Waals surface area contributed by atoms with Crippen molar-refractivity contribution < 1.29 is 32.9 Å². The summed E-state index contributed by atoms with van der Waals surface area (Å²) in [4.78, 5) is 22.3. The summed E-state index contributed by atoms with van der Waals surface area (Å²) in [6.07, 6.45) is 2.03. The molecule has 0 fully saturated rings. The average molecular weight is 376 g/mol. The normalized spacial score (nSPS) is 12.2.